The van der Waals surface area contributed by atoms with Crippen molar-refractivity contribution in [3.05, 3.63) is 46.4 Å². The molecule has 1 heterocycles. The van der Waals surface area contributed by atoms with E-state index in [-0.39, 0.29) is 12.4 Å². The van der Waals surface area contributed by atoms with E-state index in [1.54, 1.807) is 12.1 Å². The maximum absolute atomic E-state index is 14.0. The van der Waals surface area contributed by atoms with Crippen LogP contribution in [0, 0.1) is 0 Å². The Bertz CT molecular complexity index is 661. The van der Waals surface area contributed by atoms with E-state index in [0.29, 0.717) is 22.7 Å². The molecule has 0 unspecified atom stereocenters. The lowest BCUT2D eigenvalue weighted by atomic mass is 9.88. The Morgan fingerprint density at radius 3 is 2.75 bits per heavy atom. The van der Waals surface area contributed by atoms with Crippen LogP contribution in [-0.2, 0) is 6.42 Å². The SMILES string of the molecule is NC/C(F)=C1/CCCc2onc(-c3ccc(Cl)cc3)c21. The lowest BCUT2D eigenvalue weighted by Gasteiger charge is -2.15. The average molecular weight is 293 g/mol. The number of allylic oxidation sites excluding steroid dienone is 1. The van der Waals surface area contributed by atoms with Gasteiger partial charge in [-0.15, -0.1) is 0 Å². The minimum Gasteiger partial charge on any atom is -0.360 e. The molecule has 0 saturated carbocycles. The summed E-state index contributed by atoms with van der Waals surface area (Å²) in [6, 6.07) is 7.27. The minimum atomic E-state index is -0.288. The Kier molecular flexibility index (Phi) is 3.59. The highest BCUT2D eigenvalue weighted by atomic mass is 35.5. The van der Waals surface area contributed by atoms with Gasteiger partial charge >= 0.3 is 0 Å². The second-order valence-corrected chi connectivity index (χ2v) is 5.21. The fourth-order valence-corrected chi connectivity index (χ4v) is 2.68. The zero-order valence-corrected chi connectivity index (χ0v) is 11.6. The molecule has 3 rings (SSSR count). The number of nitrogens with zero attached hydrogens (tertiary/aromatic N) is 1. The molecule has 20 heavy (non-hydrogen) atoms. The summed E-state index contributed by atoms with van der Waals surface area (Å²) >= 11 is 5.89. The molecular weight excluding hydrogens is 279 g/mol. The summed E-state index contributed by atoms with van der Waals surface area (Å²) in [7, 11) is 0. The molecular formula is C15H14ClFN2O. The lowest BCUT2D eigenvalue weighted by Crippen LogP contribution is -2.07. The third kappa shape index (κ3) is 2.25. The molecule has 0 saturated heterocycles. The summed E-state index contributed by atoms with van der Waals surface area (Å²) in [5, 5.41) is 4.75. The van der Waals surface area contributed by atoms with Gasteiger partial charge in [-0.2, -0.15) is 0 Å². The van der Waals surface area contributed by atoms with Crippen molar-refractivity contribution in [2.75, 3.05) is 6.54 Å². The first-order chi connectivity index (χ1) is 9.70. The zero-order chi connectivity index (χ0) is 14.1. The molecule has 1 aliphatic rings. The van der Waals surface area contributed by atoms with Crippen LogP contribution in [0.5, 0.6) is 0 Å². The Hall–Kier alpha value is -1.65. The maximum atomic E-state index is 14.0. The Morgan fingerprint density at radius 2 is 2.05 bits per heavy atom. The van der Waals surface area contributed by atoms with Gasteiger partial charge in [-0.3, -0.25) is 0 Å². The number of hydrogen-bond acceptors (Lipinski definition) is 3. The van der Waals surface area contributed by atoms with E-state index in [4.69, 9.17) is 21.9 Å². The summed E-state index contributed by atoms with van der Waals surface area (Å²) in [5.74, 6) is 0.448. The van der Waals surface area contributed by atoms with Crippen LogP contribution in [0.4, 0.5) is 4.39 Å². The van der Waals surface area contributed by atoms with Gasteiger partial charge in [0.05, 0.1) is 5.56 Å². The smallest absolute Gasteiger partial charge is 0.144 e. The van der Waals surface area contributed by atoms with Gasteiger partial charge in [0.1, 0.15) is 17.3 Å². The van der Waals surface area contributed by atoms with Crippen LogP contribution in [-0.4, -0.2) is 11.7 Å². The molecule has 3 nitrogen and oxygen atoms in total. The van der Waals surface area contributed by atoms with E-state index in [2.05, 4.69) is 5.16 Å². The van der Waals surface area contributed by atoms with Crippen LogP contribution in [0.25, 0.3) is 16.8 Å². The molecule has 1 aromatic heterocycles. The van der Waals surface area contributed by atoms with Gasteiger partial charge in [0, 0.05) is 23.6 Å². The standard InChI is InChI=1S/C15H14ClFN2O/c16-10-6-4-9(5-7-10)15-14-11(12(17)8-18)2-1-3-13(14)20-19-15/h4-7H,1-3,8,18H2/b12-11+. The number of benzene rings is 1. The largest absolute Gasteiger partial charge is 0.360 e. The summed E-state index contributed by atoms with van der Waals surface area (Å²) < 4.78 is 19.4. The van der Waals surface area contributed by atoms with E-state index in [9.17, 15) is 4.39 Å². The number of hydrogen-bond donors (Lipinski definition) is 1. The van der Waals surface area contributed by atoms with Crippen molar-refractivity contribution in [3.8, 4) is 11.3 Å². The van der Waals surface area contributed by atoms with Gasteiger partial charge in [-0.1, -0.05) is 28.9 Å². The Balaban J connectivity index is 2.16. The van der Waals surface area contributed by atoms with Crippen LogP contribution in [0.3, 0.4) is 0 Å². The van der Waals surface area contributed by atoms with E-state index in [1.165, 1.54) is 0 Å². The molecule has 1 aliphatic carbocycles. The van der Waals surface area contributed by atoms with Crippen LogP contribution >= 0.6 is 11.6 Å². The topological polar surface area (TPSA) is 52.0 Å². The zero-order valence-electron chi connectivity index (χ0n) is 10.8. The first-order valence-corrected chi connectivity index (χ1v) is 6.91. The predicted octanol–water partition coefficient (Wildman–Crippen LogP) is 3.97. The van der Waals surface area contributed by atoms with Gasteiger partial charge in [0.2, 0.25) is 0 Å². The fraction of sp³-hybridized carbons (Fsp3) is 0.267. The minimum absolute atomic E-state index is 0.0972. The first kappa shape index (κ1) is 13.3. The molecule has 0 radical (unpaired) electrons. The second-order valence-electron chi connectivity index (χ2n) is 4.78. The van der Waals surface area contributed by atoms with E-state index < -0.39 is 0 Å². The molecule has 5 heteroatoms. The third-order valence-corrected chi connectivity index (χ3v) is 3.77. The fourth-order valence-electron chi connectivity index (χ4n) is 2.56. The Labute approximate surface area is 121 Å². The number of halogens is 2. The van der Waals surface area contributed by atoms with Gasteiger partial charge in [-0.25, -0.2) is 4.39 Å². The van der Waals surface area contributed by atoms with E-state index >= 15 is 0 Å². The molecule has 0 amide bonds. The molecule has 1 aromatic carbocycles. The first-order valence-electron chi connectivity index (χ1n) is 6.53. The summed E-state index contributed by atoms with van der Waals surface area (Å²) in [6.45, 7) is -0.0972. The van der Waals surface area contributed by atoms with Crippen LogP contribution in [0.1, 0.15) is 24.2 Å². The molecule has 0 atom stereocenters. The normalized spacial score (nSPS) is 16.9. The van der Waals surface area contributed by atoms with Crippen molar-refractivity contribution in [1.82, 2.24) is 5.16 Å². The molecule has 0 fully saturated rings. The highest BCUT2D eigenvalue weighted by molar-refractivity contribution is 6.30. The summed E-state index contributed by atoms with van der Waals surface area (Å²) in [4.78, 5) is 0. The van der Waals surface area contributed by atoms with Crippen molar-refractivity contribution < 1.29 is 8.91 Å². The Morgan fingerprint density at radius 1 is 1.30 bits per heavy atom. The van der Waals surface area contributed by atoms with Gasteiger partial charge in [0.25, 0.3) is 0 Å². The predicted molar refractivity (Wildman–Crippen MR) is 77.0 cm³/mol. The molecule has 2 N–H and O–H groups in total. The molecule has 0 aliphatic heterocycles. The molecule has 2 aromatic rings. The number of aryl methyl sites for hydroxylation is 1. The average Bonchev–Trinajstić information content (AvgIpc) is 2.91. The van der Waals surface area contributed by atoms with Crippen molar-refractivity contribution in [2.45, 2.75) is 19.3 Å². The van der Waals surface area contributed by atoms with Crippen molar-refractivity contribution in [3.63, 3.8) is 0 Å². The van der Waals surface area contributed by atoms with Crippen molar-refractivity contribution in [2.24, 2.45) is 5.73 Å². The summed E-state index contributed by atoms with van der Waals surface area (Å²) in [6.07, 6.45) is 2.29. The molecule has 0 spiro atoms. The van der Waals surface area contributed by atoms with E-state index in [1.807, 2.05) is 12.1 Å². The van der Waals surface area contributed by atoms with Crippen molar-refractivity contribution >= 4 is 17.2 Å². The number of rotatable bonds is 2. The monoisotopic (exact) mass is 292 g/mol. The molecule has 104 valence electrons. The van der Waals surface area contributed by atoms with Crippen LogP contribution < -0.4 is 5.73 Å². The quantitative estimate of drug-likeness (QED) is 0.911. The number of aromatic nitrogens is 1. The maximum Gasteiger partial charge on any atom is 0.144 e. The lowest BCUT2D eigenvalue weighted by molar-refractivity contribution is 0.380. The number of fused-ring (bicyclic) bond motifs is 1. The van der Waals surface area contributed by atoms with Crippen LogP contribution in [0.2, 0.25) is 5.02 Å². The van der Waals surface area contributed by atoms with Gasteiger partial charge < -0.3 is 10.3 Å². The highest BCUT2D eigenvalue weighted by Gasteiger charge is 2.26. The third-order valence-electron chi connectivity index (χ3n) is 3.52. The van der Waals surface area contributed by atoms with Gasteiger partial charge in [-0.05, 0) is 30.5 Å². The van der Waals surface area contributed by atoms with E-state index in [0.717, 1.165) is 29.7 Å². The second kappa shape index (κ2) is 5.38. The number of nitrogens with two attached hydrogens (primary N) is 1. The van der Waals surface area contributed by atoms with Gasteiger partial charge in [0.15, 0.2) is 0 Å². The highest BCUT2D eigenvalue weighted by Crippen LogP contribution is 2.39. The summed E-state index contributed by atoms with van der Waals surface area (Å²) in [5.41, 5.74) is 8.35. The molecule has 0 bridgehead atoms. The van der Waals surface area contributed by atoms with Crippen LogP contribution in [0.15, 0.2) is 34.6 Å². The van der Waals surface area contributed by atoms with Crippen molar-refractivity contribution in [1.29, 1.82) is 0 Å².